The fraction of sp³-hybridized carbons (Fsp3) is 0.923. The molecule has 1 nitrogen and oxygen atoms in total. The Labute approximate surface area is 88.3 Å². The minimum atomic E-state index is 0.362. The number of carbonyl (C=O) groups is 1. The zero-order chi connectivity index (χ0) is 10.7. The second kappa shape index (κ2) is 4.95. The van der Waals surface area contributed by atoms with Crippen LogP contribution in [0.2, 0.25) is 0 Å². The van der Waals surface area contributed by atoms with E-state index in [-0.39, 0.29) is 0 Å². The molecule has 1 saturated carbocycles. The van der Waals surface area contributed by atoms with Crippen LogP contribution in [0, 0.1) is 23.7 Å². The van der Waals surface area contributed by atoms with Gasteiger partial charge in [0.25, 0.3) is 0 Å². The highest BCUT2D eigenvalue weighted by Gasteiger charge is 2.30. The van der Waals surface area contributed by atoms with Gasteiger partial charge in [0.1, 0.15) is 5.78 Å². The molecule has 0 aromatic heterocycles. The molecule has 14 heavy (non-hydrogen) atoms. The van der Waals surface area contributed by atoms with E-state index < -0.39 is 0 Å². The van der Waals surface area contributed by atoms with Crippen molar-refractivity contribution in [1.82, 2.24) is 0 Å². The molecule has 0 aromatic carbocycles. The fourth-order valence-electron chi connectivity index (χ4n) is 2.71. The molecule has 0 saturated heterocycles. The van der Waals surface area contributed by atoms with E-state index >= 15 is 0 Å². The van der Waals surface area contributed by atoms with E-state index in [9.17, 15) is 4.79 Å². The van der Waals surface area contributed by atoms with Crippen molar-refractivity contribution in [2.75, 3.05) is 0 Å². The van der Waals surface area contributed by atoms with Crippen molar-refractivity contribution in [3.05, 3.63) is 0 Å². The van der Waals surface area contributed by atoms with E-state index in [0.29, 0.717) is 17.6 Å². The van der Waals surface area contributed by atoms with Gasteiger partial charge in [0.2, 0.25) is 0 Å². The first kappa shape index (κ1) is 11.7. The largest absolute Gasteiger partial charge is 0.299 e. The van der Waals surface area contributed by atoms with Gasteiger partial charge in [0.05, 0.1) is 0 Å². The Bertz CT molecular complexity index is 195. The third-order valence-corrected chi connectivity index (χ3v) is 3.48. The van der Waals surface area contributed by atoms with Crippen LogP contribution in [0.25, 0.3) is 0 Å². The van der Waals surface area contributed by atoms with Crippen LogP contribution >= 0.6 is 0 Å². The van der Waals surface area contributed by atoms with Crippen LogP contribution < -0.4 is 0 Å². The Morgan fingerprint density at radius 2 is 2.00 bits per heavy atom. The van der Waals surface area contributed by atoms with E-state index in [1.807, 2.05) is 0 Å². The molecule has 0 spiro atoms. The van der Waals surface area contributed by atoms with E-state index in [2.05, 4.69) is 27.7 Å². The molecule has 0 N–H and O–H groups in total. The molecule has 1 aliphatic rings. The molecule has 0 radical (unpaired) electrons. The molecule has 82 valence electrons. The van der Waals surface area contributed by atoms with Crippen molar-refractivity contribution in [2.45, 2.75) is 53.4 Å². The number of Topliss-reactive ketones (excluding diaryl/α,β-unsaturated/α-hetero) is 1. The van der Waals surface area contributed by atoms with Gasteiger partial charge in [-0.1, -0.05) is 27.7 Å². The molecular weight excluding hydrogens is 172 g/mol. The average molecular weight is 196 g/mol. The summed E-state index contributed by atoms with van der Waals surface area (Å²) in [6.45, 7) is 9.02. The van der Waals surface area contributed by atoms with Crippen molar-refractivity contribution in [1.29, 1.82) is 0 Å². The molecule has 0 aliphatic heterocycles. The van der Waals surface area contributed by atoms with Crippen LogP contribution in [0.15, 0.2) is 0 Å². The molecular formula is C13H24O. The molecule has 1 fully saturated rings. The quantitative estimate of drug-likeness (QED) is 0.673. The monoisotopic (exact) mass is 196 g/mol. The van der Waals surface area contributed by atoms with Gasteiger partial charge >= 0.3 is 0 Å². The lowest BCUT2D eigenvalue weighted by Gasteiger charge is -2.30. The maximum absolute atomic E-state index is 11.8. The molecule has 1 aliphatic carbocycles. The minimum Gasteiger partial charge on any atom is -0.299 e. The lowest BCUT2D eigenvalue weighted by atomic mass is 9.73. The molecule has 0 aromatic rings. The number of rotatable bonds is 3. The molecule has 0 amide bonds. The summed E-state index contributed by atoms with van der Waals surface area (Å²) < 4.78 is 0. The lowest BCUT2D eigenvalue weighted by molar-refractivity contribution is -0.127. The maximum Gasteiger partial charge on any atom is 0.136 e. The summed E-state index contributed by atoms with van der Waals surface area (Å²) in [5.41, 5.74) is 0. The highest BCUT2D eigenvalue weighted by atomic mass is 16.1. The van der Waals surface area contributed by atoms with Crippen molar-refractivity contribution < 1.29 is 4.79 Å². The zero-order valence-electron chi connectivity index (χ0n) is 10.0. The van der Waals surface area contributed by atoms with Gasteiger partial charge in [0.15, 0.2) is 0 Å². The summed E-state index contributed by atoms with van der Waals surface area (Å²) in [7, 11) is 0. The third-order valence-electron chi connectivity index (χ3n) is 3.48. The maximum atomic E-state index is 11.8. The van der Waals surface area contributed by atoms with Crippen LogP contribution in [0.4, 0.5) is 0 Å². The van der Waals surface area contributed by atoms with Crippen molar-refractivity contribution in [2.24, 2.45) is 23.7 Å². The zero-order valence-corrected chi connectivity index (χ0v) is 10.0. The molecule has 0 bridgehead atoms. The number of carbonyl (C=O) groups excluding carboxylic acids is 1. The first-order valence-corrected chi connectivity index (χ1v) is 6.03. The summed E-state index contributed by atoms with van der Waals surface area (Å²) in [5, 5.41) is 0. The van der Waals surface area contributed by atoms with Crippen molar-refractivity contribution in [3.63, 3.8) is 0 Å². The highest BCUT2D eigenvalue weighted by molar-refractivity contribution is 5.81. The molecule has 1 heteroatoms. The van der Waals surface area contributed by atoms with Crippen LogP contribution in [0.5, 0.6) is 0 Å². The first-order chi connectivity index (χ1) is 6.50. The smallest absolute Gasteiger partial charge is 0.136 e. The molecule has 3 atom stereocenters. The highest BCUT2D eigenvalue weighted by Crippen LogP contribution is 2.33. The summed E-state index contributed by atoms with van der Waals surface area (Å²) in [6.07, 6.45) is 4.27. The van der Waals surface area contributed by atoms with Crippen LogP contribution in [0.1, 0.15) is 53.4 Å². The van der Waals surface area contributed by atoms with Crippen LogP contribution in [-0.4, -0.2) is 5.78 Å². The van der Waals surface area contributed by atoms with Gasteiger partial charge in [-0.15, -0.1) is 0 Å². The second-order valence-electron chi connectivity index (χ2n) is 5.56. The number of hydrogen-bond acceptors (Lipinski definition) is 1. The van der Waals surface area contributed by atoms with Gasteiger partial charge < -0.3 is 0 Å². The average Bonchev–Trinajstić information content (AvgIpc) is 2.08. The Morgan fingerprint density at radius 3 is 2.57 bits per heavy atom. The standard InChI is InChI=1S/C13H24O/c1-9(2)7-11(4)12-8-10(3)5-6-13(12)14/h9-12H,5-8H2,1-4H3. The Morgan fingerprint density at radius 1 is 1.36 bits per heavy atom. The van der Waals surface area contributed by atoms with Gasteiger partial charge in [-0.3, -0.25) is 4.79 Å². The van der Waals surface area contributed by atoms with Crippen LogP contribution in [0.3, 0.4) is 0 Å². The Balaban J connectivity index is 2.51. The van der Waals surface area contributed by atoms with Gasteiger partial charge in [-0.25, -0.2) is 0 Å². The van der Waals surface area contributed by atoms with Crippen molar-refractivity contribution >= 4 is 5.78 Å². The van der Waals surface area contributed by atoms with Gasteiger partial charge in [-0.2, -0.15) is 0 Å². The Kier molecular flexibility index (Phi) is 4.15. The summed E-state index contributed by atoms with van der Waals surface area (Å²) in [6, 6.07) is 0. The third kappa shape index (κ3) is 3.11. The molecule has 3 unspecified atom stereocenters. The fourth-order valence-corrected chi connectivity index (χ4v) is 2.71. The van der Waals surface area contributed by atoms with E-state index in [0.717, 1.165) is 31.1 Å². The lowest BCUT2D eigenvalue weighted by Crippen LogP contribution is -2.29. The summed E-state index contributed by atoms with van der Waals surface area (Å²) in [5.74, 6) is 2.95. The summed E-state index contributed by atoms with van der Waals surface area (Å²) >= 11 is 0. The van der Waals surface area contributed by atoms with Crippen LogP contribution in [-0.2, 0) is 4.79 Å². The summed E-state index contributed by atoms with van der Waals surface area (Å²) in [4.78, 5) is 11.8. The number of ketones is 1. The first-order valence-electron chi connectivity index (χ1n) is 6.03. The molecule has 1 rings (SSSR count). The molecule has 0 heterocycles. The van der Waals surface area contributed by atoms with Gasteiger partial charge in [0, 0.05) is 12.3 Å². The minimum absolute atomic E-state index is 0.362. The SMILES string of the molecule is CC(C)CC(C)C1CC(C)CCC1=O. The predicted octanol–water partition coefficient (Wildman–Crippen LogP) is 3.67. The van der Waals surface area contributed by atoms with E-state index in [1.54, 1.807) is 0 Å². The Hall–Kier alpha value is -0.330. The second-order valence-corrected chi connectivity index (χ2v) is 5.56. The van der Waals surface area contributed by atoms with Gasteiger partial charge in [-0.05, 0) is 37.0 Å². The number of hydrogen-bond donors (Lipinski definition) is 0. The predicted molar refractivity (Wildman–Crippen MR) is 60.1 cm³/mol. The normalized spacial score (nSPS) is 30.8. The topological polar surface area (TPSA) is 17.1 Å². The van der Waals surface area contributed by atoms with E-state index in [4.69, 9.17) is 0 Å². The van der Waals surface area contributed by atoms with Crippen molar-refractivity contribution in [3.8, 4) is 0 Å². The van der Waals surface area contributed by atoms with E-state index in [1.165, 1.54) is 6.42 Å².